The fraction of sp³-hybridized carbons (Fsp3) is 0.550. The summed E-state index contributed by atoms with van der Waals surface area (Å²) < 4.78 is 18.2. The molecule has 3 heterocycles. The molecule has 0 spiro atoms. The Morgan fingerprint density at radius 2 is 2.07 bits per heavy atom. The van der Waals surface area contributed by atoms with Crippen molar-refractivity contribution in [2.24, 2.45) is 0 Å². The minimum Gasteiger partial charge on any atom is -0.488 e. The van der Waals surface area contributed by atoms with Crippen LogP contribution in [0, 0.1) is 0 Å². The molecule has 1 amide bonds. The van der Waals surface area contributed by atoms with Crippen LogP contribution in [0.1, 0.15) is 51.4 Å². The van der Waals surface area contributed by atoms with Gasteiger partial charge in [-0.3, -0.25) is 0 Å². The first-order valence-corrected chi connectivity index (χ1v) is 9.48. The molecule has 8 heteroatoms. The van der Waals surface area contributed by atoms with Crippen molar-refractivity contribution < 1.29 is 23.8 Å². The molecule has 0 saturated carbocycles. The van der Waals surface area contributed by atoms with Crippen LogP contribution < -0.4 is 4.74 Å². The van der Waals surface area contributed by atoms with Crippen LogP contribution in [0.2, 0.25) is 0 Å². The number of amides is 1. The maximum absolute atomic E-state index is 12.4. The Morgan fingerprint density at radius 1 is 1.32 bits per heavy atom. The number of ether oxygens (including phenoxy) is 3. The molecule has 2 aromatic heterocycles. The lowest BCUT2D eigenvalue weighted by molar-refractivity contribution is 0.0224. The number of carbonyl (C=O) groups is 2. The van der Waals surface area contributed by atoms with Crippen molar-refractivity contribution in [2.45, 2.75) is 58.8 Å². The Kier molecular flexibility index (Phi) is 5.49. The predicted molar refractivity (Wildman–Crippen MR) is 103 cm³/mol. The first-order valence-electron chi connectivity index (χ1n) is 9.48. The van der Waals surface area contributed by atoms with E-state index in [4.69, 9.17) is 14.2 Å². The molecular formula is C20H27N3O5. The third-order valence-electron chi connectivity index (χ3n) is 4.46. The maximum atomic E-state index is 12.4. The van der Waals surface area contributed by atoms with E-state index < -0.39 is 11.6 Å². The van der Waals surface area contributed by atoms with Gasteiger partial charge in [0.15, 0.2) is 0 Å². The van der Waals surface area contributed by atoms with Gasteiger partial charge < -0.3 is 19.1 Å². The molecule has 1 saturated heterocycles. The van der Waals surface area contributed by atoms with E-state index in [9.17, 15) is 9.59 Å². The molecule has 0 aliphatic carbocycles. The third kappa shape index (κ3) is 4.37. The molecule has 1 aliphatic heterocycles. The first-order chi connectivity index (χ1) is 13.2. The van der Waals surface area contributed by atoms with Gasteiger partial charge in [0, 0.05) is 24.7 Å². The van der Waals surface area contributed by atoms with E-state index in [1.807, 2.05) is 27.7 Å². The summed E-state index contributed by atoms with van der Waals surface area (Å²) >= 11 is 0. The smallest absolute Gasteiger partial charge is 0.410 e. The zero-order valence-corrected chi connectivity index (χ0v) is 17.0. The number of likely N-dealkylation sites (tertiary alicyclic amines) is 1. The standard InChI is InChI=1S/C20H27N3O5/c1-6-26-18(24)16-11-21-23-8-7-14(10-17(16)23)27-15-9-13(2)22(12-15)19(25)28-20(3,4)5/h7-8,10-11,13,15H,6,9,12H2,1-5H3/t13-,15+/m0/s1. The average Bonchev–Trinajstić information content (AvgIpc) is 3.16. The summed E-state index contributed by atoms with van der Waals surface area (Å²) in [5, 5.41) is 4.17. The number of hydrogen-bond acceptors (Lipinski definition) is 6. The minimum absolute atomic E-state index is 0.0219. The molecule has 2 aromatic rings. The largest absolute Gasteiger partial charge is 0.488 e. The van der Waals surface area contributed by atoms with E-state index in [1.54, 1.807) is 34.7 Å². The van der Waals surface area contributed by atoms with Crippen LogP contribution in [-0.2, 0) is 9.47 Å². The van der Waals surface area contributed by atoms with E-state index in [-0.39, 0.29) is 18.2 Å². The Balaban J connectivity index is 1.72. The number of carbonyl (C=O) groups excluding carboxylic acids is 2. The lowest BCUT2D eigenvalue weighted by atomic mass is 10.2. The molecule has 0 unspecified atom stereocenters. The highest BCUT2D eigenvalue weighted by Crippen LogP contribution is 2.26. The highest BCUT2D eigenvalue weighted by molar-refractivity contribution is 5.96. The quantitative estimate of drug-likeness (QED) is 0.747. The second-order valence-corrected chi connectivity index (χ2v) is 7.93. The molecule has 0 bridgehead atoms. The van der Waals surface area contributed by atoms with E-state index in [0.29, 0.717) is 36.4 Å². The van der Waals surface area contributed by atoms with Gasteiger partial charge >= 0.3 is 12.1 Å². The second kappa shape index (κ2) is 7.69. The molecule has 1 aliphatic rings. The van der Waals surface area contributed by atoms with Gasteiger partial charge in [-0.2, -0.15) is 5.10 Å². The molecule has 2 atom stereocenters. The van der Waals surface area contributed by atoms with Crippen LogP contribution in [0.5, 0.6) is 5.75 Å². The van der Waals surface area contributed by atoms with Gasteiger partial charge in [0.05, 0.1) is 24.9 Å². The SMILES string of the molecule is CCOC(=O)c1cnn2ccc(O[C@@H]3C[C@H](C)N(C(=O)OC(C)(C)C)C3)cc12. The molecule has 8 nitrogen and oxygen atoms in total. The van der Waals surface area contributed by atoms with Gasteiger partial charge in [0.25, 0.3) is 0 Å². The van der Waals surface area contributed by atoms with Gasteiger partial charge in [-0.05, 0) is 40.7 Å². The van der Waals surface area contributed by atoms with E-state index >= 15 is 0 Å². The van der Waals surface area contributed by atoms with E-state index in [2.05, 4.69) is 5.10 Å². The Hall–Kier alpha value is -2.77. The van der Waals surface area contributed by atoms with Crippen LogP contribution in [0.25, 0.3) is 5.52 Å². The van der Waals surface area contributed by atoms with Crippen molar-refractivity contribution in [3.05, 3.63) is 30.1 Å². The molecule has 152 valence electrons. The zero-order valence-electron chi connectivity index (χ0n) is 17.0. The van der Waals surface area contributed by atoms with Crippen LogP contribution in [0.4, 0.5) is 4.79 Å². The van der Waals surface area contributed by atoms with Crippen molar-refractivity contribution >= 4 is 17.6 Å². The number of hydrogen-bond donors (Lipinski definition) is 0. The third-order valence-corrected chi connectivity index (χ3v) is 4.46. The van der Waals surface area contributed by atoms with Gasteiger partial charge in [-0.15, -0.1) is 0 Å². The number of rotatable bonds is 4. The Morgan fingerprint density at radius 3 is 2.75 bits per heavy atom. The fourth-order valence-corrected chi connectivity index (χ4v) is 3.24. The molecule has 1 fully saturated rings. The number of esters is 1. The molecule has 0 radical (unpaired) electrons. The summed E-state index contributed by atoms with van der Waals surface area (Å²) in [6.07, 6.45) is 3.44. The van der Waals surface area contributed by atoms with Crippen LogP contribution in [-0.4, -0.2) is 57.5 Å². The van der Waals surface area contributed by atoms with Crippen LogP contribution >= 0.6 is 0 Å². The van der Waals surface area contributed by atoms with Crippen LogP contribution in [0.15, 0.2) is 24.5 Å². The highest BCUT2D eigenvalue weighted by Gasteiger charge is 2.36. The van der Waals surface area contributed by atoms with Crippen molar-refractivity contribution in [1.82, 2.24) is 14.5 Å². The van der Waals surface area contributed by atoms with Gasteiger partial charge in [0.1, 0.15) is 23.0 Å². The maximum Gasteiger partial charge on any atom is 0.410 e. The number of pyridine rings is 1. The molecule has 0 N–H and O–H groups in total. The van der Waals surface area contributed by atoms with Crippen LogP contribution in [0.3, 0.4) is 0 Å². The molecule has 3 rings (SSSR count). The second-order valence-electron chi connectivity index (χ2n) is 7.93. The Labute approximate surface area is 164 Å². The normalized spacial score (nSPS) is 19.7. The lowest BCUT2D eigenvalue weighted by Crippen LogP contribution is -2.39. The number of fused-ring (bicyclic) bond motifs is 1. The Bertz CT molecular complexity index is 870. The minimum atomic E-state index is -0.535. The summed E-state index contributed by atoms with van der Waals surface area (Å²) in [7, 11) is 0. The van der Waals surface area contributed by atoms with Gasteiger partial charge in [-0.1, -0.05) is 0 Å². The summed E-state index contributed by atoms with van der Waals surface area (Å²) in [5.41, 5.74) is 0.472. The van der Waals surface area contributed by atoms with Gasteiger partial charge in [0.2, 0.25) is 0 Å². The van der Waals surface area contributed by atoms with Crippen molar-refractivity contribution in [3.8, 4) is 5.75 Å². The highest BCUT2D eigenvalue weighted by atomic mass is 16.6. The number of nitrogens with zero attached hydrogens (tertiary/aromatic N) is 3. The molecule has 0 aromatic carbocycles. The monoisotopic (exact) mass is 389 g/mol. The molecular weight excluding hydrogens is 362 g/mol. The fourth-order valence-electron chi connectivity index (χ4n) is 3.24. The van der Waals surface area contributed by atoms with Gasteiger partial charge in [-0.25, -0.2) is 14.1 Å². The zero-order chi connectivity index (χ0) is 20.5. The topological polar surface area (TPSA) is 82.4 Å². The lowest BCUT2D eigenvalue weighted by Gasteiger charge is -2.26. The van der Waals surface area contributed by atoms with Crippen molar-refractivity contribution in [3.63, 3.8) is 0 Å². The average molecular weight is 389 g/mol. The van der Waals surface area contributed by atoms with E-state index in [1.165, 1.54) is 6.20 Å². The summed E-state index contributed by atoms with van der Waals surface area (Å²) in [4.78, 5) is 26.1. The summed E-state index contributed by atoms with van der Waals surface area (Å²) in [6, 6.07) is 3.57. The molecule has 28 heavy (non-hydrogen) atoms. The van der Waals surface area contributed by atoms with Crippen molar-refractivity contribution in [1.29, 1.82) is 0 Å². The first kappa shape index (κ1) is 20.0. The van der Waals surface area contributed by atoms with E-state index in [0.717, 1.165) is 0 Å². The number of aromatic nitrogens is 2. The summed E-state index contributed by atoms with van der Waals surface area (Å²) in [6.45, 7) is 10.0. The van der Waals surface area contributed by atoms with Crippen molar-refractivity contribution in [2.75, 3.05) is 13.2 Å². The predicted octanol–water partition coefficient (Wildman–Crippen LogP) is 3.29. The summed E-state index contributed by atoms with van der Waals surface area (Å²) in [5.74, 6) is 0.196.